The summed E-state index contributed by atoms with van der Waals surface area (Å²) in [7, 11) is 0. The molecule has 2 heterocycles. The van der Waals surface area contributed by atoms with Gasteiger partial charge in [-0.25, -0.2) is 9.97 Å². The summed E-state index contributed by atoms with van der Waals surface area (Å²) in [5.41, 5.74) is 1.91. The van der Waals surface area contributed by atoms with Gasteiger partial charge in [0.15, 0.2) is 11.6 Å². The molecule has 1 aliphatic carbocycles. The van der Waals surface area contributed by atoms with Crippen LogP contribution in [0.3, 0.4) is 0 Å². The van der Waals surface area contributed by atoms with Gasteiger partial charge in [0.1, 0.15) is 11.9 Å². The van der Waals surface area contributed by atoms with Crippen molar-refractivity contribution < 1.29 is 4.74 Å². The van der Waals surface area contributed by atoms with E-state index >= 15 is 0 Å². The number of fused-ring (bicyclic) bond motifs is 1. The predicted octanol–water partition coefficient (Wildman–Crippen LogP) is 4.25. The Bertz CT molecular complexity index is 918. The molecule has 0 unspecified atom stereocenters. The molecule has 5 nitrogen and oxygen atoms in total. The summed E-state index contributed by atoms with van der Waals surface area (Å²) >= 11 is 0. The van der Waals surface area contributed by atoms with Crippen molar-refractivity contribution in [1.82, 2.24) is 9.97 Å². The number of nitrogens with one attached hydrogen (secondary N) is 1. The third kappa shape index (κ3) is 3.68. The second-order valence-corrected chi connectivity index (χ2v) is 7.42. The smallest absolute Gasteiger partial charge is 0.172 e. The number of hydrogen-bond acceptors (Lipinski definition) is 5. The van der Waals surface area contributed by atoms with Gasteiger partial charge in [0.25, 0.3) is 0 Å². The highest BCUT2D eigenvalue weighted by Gasteiger charge is 2.27. The lowest BCUT2D eigenvalue weighted by molar-refractivity contribution is 0.171. The highest BCUT2D eigenvalue weighted by molar-refractivity contribution is 5.80. The fraction of sp³-hybridized carbons (Fsp3) is 0.364. The molecule has 2 aromatic carbocycles. The topological polar surface area (TPSA) is 50.3 Å². The summed E-state index contributed by atoms with van der Waals surface area (Å²) in [5.74, 6) is 2.87. The van der Waals surface area contributed by atoms with E-state index in [4.69, 9.17) is 14.7 Å². The molecule has 3 aromatic rings. The standard InChI is InChI=1S/C22H24N4O/c1-2-6-17(7-3-1)27-18-12-14-26(15-13-18)22-21(23-16-10-11-16)24-19-8-4-5-9-20(19)25-22/h1-9,16,18H,10-15H2,(H,23,24). The SMILES string of the molecule is c1ccc(OC2CCN(c3nc4ccccc4nc3NC3CC3)CC2)cc1. The number of nitrogens with zero attached hydrogens (tertiary/aromatic N) is 3. The summed E-state index contributed by atoms with van der Waals surface area (Å²) in [6.07, 6.45) is 4.69. The van der Waals surface area contributed by atoms with Gasteiger partial charge in [0.2, 0.25) is 0 Å². The Labute approximate surface area is 159 Å². The molecule has 0 bridgehead atoms. The molecule has 0 spiro atoms. The number of hydrogen-bond donors (Lipinski definition) is 1. The Kier molecular flexibility index (Phi) is 4.28. The zero-order chi connectivity index (χ0) is 18.1. The lowest BCUT2D eigenvalue weighted by Crippen LogP contribution is -2.39. The van der Waals surface area contributed by atoms with Crippen molar-refractivity contribution in [3.05, 3.63) is 54.6 Å². The molecule has 1 saturated heterocycles. The van der Waals surface area contributed by atoms with Gasteiger partial charge in [-0.05, 0) is 37.1 Å². The fourth-order valence-electron chi connectivity index (χ4n) is 3.61. The van der Waals surface area contributed by atoms with Crippen LogP contribution in [0.1, 0.15) is 25.7 Å². The number of benzene rings is 2. The van der Waals surface area contributed by atoms with Crippen molar-refractivity contribution in [3.63, 3.8) is 0 Å². The van der Waals surface area contributed by atoms with E-state index in [0.717, 1.165) is 54.3 Å². The molecule has 5 rings (SSSR count). The van der Waals surface area contributed by atoms with Crippen LogP contribution >= 0.6 is 0 Å². The molecule has 0 radical (unpaired) electrons. The van der Waals surface area contributed by atoms with E-state index in [1.54, 1.807) is 0 Å². The zero-order valence-corrected chi connectivity index (χ0v) is 15.3. The van der Waals surface area contributed by atoms with E-state index in [1.165, 1.54) is 12.8 Å². The van der Waals surface area contributed by atoms with Gasteiger partial charge >= 0.3 is 0 Å². The number of para-hydroxylation sites is 3. The maximum absolute atomic E-state index is 6.14. The number of rotatable bonds is 5. The molecule has 5 heteroatoms. The van der Waals surface area contributed by atoms with Gasteiger partial charge in [-0.15, -0.1) is 0 Å². The van der Waals surface area contributed by atoms with Gasteiger partial charge in [0.05, 0.1) is 11.0 Å². The molecule has 2 fully saturated rings. The maximum Gasteiger partial charge on any atom is 0.172 e. The molecular formula is C22H24N4O. The zero-order valence-electron chi connectivity index (χ0n) is 15.3. The number of aromatic nitrogens is 2. The van der Waals surface area contributed by atoms with E-state index in [-0.39, 0.29) is 6.10 Å². The molecule has 0 amide bonds. The van der Waals surface area contributed by atoms with Crippen LogP contribution in [0.4, 0.5) is 11.6 Å². The Morgan fingerprint density at radius 1 is 0.815 bits per heavy atom. The average molecular weight is 360 g/mol. The van der Waals surface area contributed by atoms with Crippen LogP contribution < -0.4 is 15.0 Å². The van der Waals surface area contributed by atoms with Crippen LogP contribution in [0.15, 0.2) is 54.6 Å². The van der Waals surface area contributed by atoms with Crippen LogP contribution in [0.25, 0.3) is 11.0 Å². The third-order valence-corrected chi connectivity index (χ3v) is 5.26. The molecule has 138 valence electrons. The van der Waals surface area contributed by atoms with Gasteiger partial charge in [0, 0.05) is 32.0 Å². The largest absolute Gasteiger partial charge is 0.490 e. The van der Waals surface area contributed by atoms with Crippen LogP contribution in [0.2, 0.25) is 0 Å². The van der Waals surface area contributed by atoms with Crippen molar-refractivity contribution in [2.24, 2.45) is 0 Å². The summed E-state index contributed by atoms with van der Waals surface area (Å²) in [6.45, 7) is 1.87. The summed E-state index contributed by atoms with van der Waals surface area (Å²) in [4.78, 5) is 12.2. The number of ether oxygens (including phenoxy) is 1. The van der Waals surface area contributed by atoms with Crippen molar-refractivity contribution in [2.75, 3.05) is 23.3 Å². The van der Waals surface area contributed by atoms with E-state index in [0.29, 0.717) is 6.04 Å². The maximum atomic E-state index is 6.14. The summed E-state index contributed by atoms with van der Waals surface area (Å²) < 4.78 is 6.14. The number of anilines is 2. The van der Waals surface area contributed by atoms with Gasteiger partial charge in [-0.3, -0.25) is 0 Å². The Balaban J connectivity index is 1.34. The van der Waals surface area contributed by atoms with Crippen molar-refractivity contribution in [2.45, 2.75) is 37.8 Å². The van der Waals surface area contributed by atoms with Gasteiger partial charge in [-0.1, -0.05) is 30.3 Å². The highest BCUT2D eigenvalue weighted by atomic mass is 16.5. The average Bonchev–Trinajstić information content (AvgIpc) is 3.53. The Morgan fingerprint density at radius 2 is 1.48 bits per heavy atom. The molecule has 1 aromatic heterocycles. The first-order valence-corrected chi connectivity index (χ1v) is 9.85. The first-order valence-electron chi connectivity index (χ1n) is 9.85. The quantitative estimate of drug-likeness (QED) is 0.737. The lowest BCUT2D eigenvalue weighted by atomic mass is 10.1. The van der Waals surface area contributed by atoms with E-state index < -0.39 is 0 Å². The van der Waals surface area contributed by atoms with E-state index in [9.17, 15) is 0 Å². The highest BCUT2D eigenvalue weighted by Crippen LogP contribution is 2.32. The van der Waals surface area contributed by atoms with Crippen LogP contribution in [0, 0.1) is 0 Å². The Hall–Kier alpha value is -2.82. The molecule has 1 saturated carbocycles. The summed E-state index contributed by atoms with van der Waals surface area (Å²) in [5, 5.41) is 3.58. The van der Waals surface area contributed by atoms with Gasteiger partial charge in [-0.2, -0.15) is 0 Å². The first-order chi connectivity index (χ1) is 13.3. The second kappa shape index (κ2) is 7.06. The lowest BCUT2D eigenvalue weighted by Gasteiger charge is -2.33. The van der Waals surface area contributed by atoms with E-state index in [1.807, 2.05) is 54.6 Å². The van der Waals surface area contributed by atoms with Crippen LogP contribution in [0.5, 0.6) is 5.75 Å². The normalized spacial score (nSPS) is 17.9. The van der Waals surface area contributed by atoms with Crippen molar-refractivity contribution in [3.8, 4) is 5.75 Å². The molecule has 1 N–H and O–H groups in total. The molecular weight excluding hydrogens is 336 g/mol. The predicted molar refractivity (Wildman–Crippen MR) is 108 cm³/mol. The molecule has 0 atom stereocenters. The van der Waals surface area contributed by atoms with Gasteiger partial charge < -0.3 is 15.0 Å². The van der Waals surface area contributed by atoms with Crippen molar-refractivity contribution in [1.29, 1.82) is 0 Å². The minimum absolute atomic E-state index is 0.261. The molecule has 1 aliphatic heterocycles. The Morgan fingerprint density at radius 3 is 2.19 bits per heavy atom. The van der Waals surface area contributed by atoms with Crippen molar-refractivity contribution >= 4 is 22.7 Å². The minimum atomic E-state index is 0.261. The van der Waals surface area contributed by atoms with Crippen LogP contribution in [-0.4, -0.2) is 35.2 Å². The van der Waals surface area contributed by atoms with E-state index in [2.05, 4.69) is 10.2 Å². The summed E-state index contributed by atoms with van der Waals surface area (Å²) in [6, 6.07) is 18.8. The van der Waals surface area contributed by atoms with Crippen LogP contribution in [-0.2, 0) is 0 Å². The second-order valence-electron chi connectivity index (χ2n) is 7.42. The first kappa shape index (κ1) is 16.4. The molecule has 2 aliphatic rings. The minimum Gasteiger partial charge on any atom is -0.490 e. The fourth-order valence-corrected chi connectivity index (χ4v) is 3.61. The number of piperidine rings is 1. The monoisotopic (exact) mass is 360 g/mol. The third-order valence-electron chi connectivity index (χ3n) is 5.26. The molecule has 27 heavy (non-hydrogen) atoms.